The highest BCUT2D eigenvalue weighted by atomic mass is 32.1. The third-order valence-corrected chi connectivity index (χ3v) is 4.03. The highest BCUT2D eigenvalue weighted by molar-refractivity contribution is 7.10. The Kier molecular flexibility index (Phi) is 5.68. The van der Waals surface area contributed by atoms with E-state index in [1.807, 2.05) is 36.6 Å². The van der Waals surface area contributed by atoms with Crippen LogP contribution in [0.15, 0.2) is 35.7 Å². The Morgan fingerprint density at radius 3 is 2.64 bits per heavy atom. The van der Waals surface area contributed by atoms with Gasteiger partial charge in [-0.25, -0.2) is 0 Å². The molecule has 0 aliphatic carbocycles. The van der Waals surface area contributed by atoms with Gasteiger partial charge in [0.1, 0.15) is 0 Å². The smallest absolute Gasteiger partial charge is 0.238 e. The van der Waals surface area contributed by atoms with Crippen LogP contribution in [0.2, 0.25) is 0 Å². The van der Waals surface area contributed by atoms with Crippen LogP contribution in [-0.4, -0.2) is 18.4 Å². The third-order valence-electron chi connectivity index (χ3n) is 3.15. The summed E-state index contributed by atoms with van der Waals surface area (Å²) in [5, 5.41) is 7.55. The lowest BCUT2D eigenvalue weighted by molar-refractivity contribution is -0.116. The van der Waals surface area contributed by atoms with Crippen LogP contribution in [0.3, 0.4) is 0 Å². The zero-order valence-corrected chi connectivity index (χ0v) is 13.2. The molecule has 1 aromatic carbocycles. The van der Waals surface area contributed by atoms with Crippen molar-refractivity contribution in [3.63, 3.8) is 0 Å². The third kappa shape index (κ3) is 4.41. The summed E-state index contributed by atoms with van der Waals surface area (Å²) in [6, 6.07) is 9.34. The van der Waals surface area contributed by atoms with Crippen LogP contribution >= 0.6 is 11.3 Å². The van der Waals surface area contributed by atoms with Gasteiger partial charge >= 0.3 is 0 Å². The summed E-state index contributed by atoms with van der Waals surface area (Å²) in [6.45, 7) is 1.93. The molecule has 0 fully saturated rings. The van der Waals surface area contributed by atoms with E-state index in [1.54, 1.807) is 17.4 Å². The van der Waals surface area contributed by atoms with Gasteiger partial charge in [0.2, 0.25) is 11.8 Å². The van der Waals surface area contributed by atoms with Crippen LogP contribution in [0.1, 0.15) is 17.4 Å². The maximum absolute atomic E-state index is 12.0. The summed E-state index contributed by atoms with van der Waals surface area (Å²) >= 11 is 1.55. The summed E-state index contributed by atoms with van der Waals surface area (Å²) in [7, 11) is 0. The number of carbonyl (C=O) groups is 2. The van der Waals surface area contributed by atoms with Crippen molar-refractivity contribution in [3.05, 3.63) is 46.2 Å². The maximum atomic E-state index is 12.0. The van der Waals surface area contributed by atoms with Crippen molar-refractivity contribution in [2.75, 3.05) is 17.2 Å². The van der Waals surface area contributed by atoms with Crippen LogP contribution in [0.25, 0.3) is 0 Å². The zero-order chi connectivity index (χ0) is 15.9. The molecule has 22 heavy (non-hydrogen) atoms. The number of aryl methyl sites for hydroxylation is 1. The molecule has 6 heteroatoms. The molecule has 0 spiro atoms. The first-order valence-corrected chi connectivity index (χ1v) is 7.95. The van der Waals surface area contributed by atoms with E-state index in [0.29, 0.717) is 17.8 Å². The van der Waals surface area contributed by atoms with Gasteiger partial charge in [0.25, 0.3) is 0 Å². The second kappa shape index (κ2) is 7.72. The van der Waals surface area contributed by atoms with Gasteiger partial charge in [0, 0.05) is 16.3 Å². The van der Waals surface area contributed by atoms with Gasteiger partial charge in [-0.15, -0.1) is 11.3 Å². The zero-order valence-electron chi connectivity index (χ0n) is 12.4. The number of benzene rings is 1. The van der Waals surface area contributed by atoms with Gasteiger partial charge in [0.15, 0.2) is 0 Å². The fraction of sp³-hybridized carbons (Fsp3) is 0.250. The second-order valence-electron chi connectivity index (χ2n) is 4.78. The summed E-state index contributed by atoms with van der Waals surface area (Å²) in [5.41, 5.74) is 7.67. The summed E-state index contributed by atoms with van der Waals surface area (Å²) in [5.74, 6) is -0.334. The summed E-state index contributed by atoms with van der Waals surface area (Å²) in [4.78, 5) is 24.5. The normalized spacial score (nSPS) is 10.3. The molecule has 2 aromatic rings. The quantitative estimate of drug-likeness (QED) is 0.765. The summed E-state index contributed by atoms with van der Waals surface area (Å²) < 4.78 is 0. The molecule has 4 N–H and O–H groups in total. The lowest BCUT2D eigenvalue weighted by Gasteiger charge is -2.12. The van der Waals surface area contributed by atoms with Crippen molar-refractivity contribution in [3.8, 4) is 0 Å². The van der Waals surface area contributed by atoms with E-state index in [1.165, 1.54) is 0 Å². The Morgan fingerprint density at radius 1 is 1.18 bits per heavy atom. The average molecular weight is 317 g/mol. The highest BCUT2D eigenvalue weighted by Crippen LogP contribution is 2.22. The van der Waals surface area contributed by atoms with Crippen molar-refractivity contribution >= 4 is 34.5 Å². The minimum absolute atomic E-state index is 0.0713. The molecule has 0 radical (unpaired) electrons. The fourth-order valence-electron chi connectivity index (χ4n) is 2.06. The number of anilines is 2. The van der Waals surface area contributed by atoms with Gasteiger partial charge < -0.3 is 16.4 Å². The second-order valence-corrected chi connectivity index (χ2v) is 5.81. The van der Waals surface area contributed by atoms with Crippen molar-refractivity contribution in [1.82, 2.24) is 0 Å². The topological polar surface area (TPSA) is 84.2 Å². The number of hydrogen-bond donors (Lipinski definition) is 3. The molecule has 0 aliphatic rings. The molecule has 0 saturated carbocycles. The SMILES string of the molecule is CCc1ccc(NC(=O)Cc2cccs2)cc1NC(=O)CN. The number of hydrogen-bond acceptors (Lipinski definition) is 4. The van der Waals surface area contributed by atoms with Gasteiger partial charge in [-0.1, -0.05) is 19.1 Å². The number of rotatable bonds is 6. The Labute approximate surface area is 133 Å². The number of thiophene rings is 1. The first kappa shape index (κ1) is 16.2. The molecule has 0 aliphatic heterocycles. The molecule has 0 saturated heterocycles. The molecular weight excluding hydrogens is 298 g/mol. The molecule has 5 nitrogen and oxygen atoms in total. The van der Waals surface area contributed by atoms with Crippen molar-refractivity contribution in [2.45, 2.75) is 19.8 Å². The van der Waals surface area contributed by atoms with E-state index in [2.05, 4.69) is 10.6 Å². The molecule has 1 aromatic heterocycles. The van der Waals surface area contributed by atoms with Crippen LogP contribution in [-0.2, 0) is 22.4 Å². The molecule has 0 unspecified atom stereocenters. The molecule has 1 heterocycles. The average Bonchev–Trinajstić information content (AvgIpc) is 3.00. The lowest BCUT2D eigenvalue weighted by atomic mass is 10.1. The first-order valence-electron chi connectivity index (χ1n) is 7.07. The maximum Gasteiger partial charge on any atom is 0.238 e. The van der Waals surface area contributed by atoms with Gasteiger partial charge in [-0.3, -0.25) is 9.59 Å². The highest BCUT2D eigenvalue weighted by Gasteiger charge is 2.09. The number of nitrogens with two attached hydrogens (primary N) is 1. The summed E-state index contributed by atoms with van der Waals surface area (Å²) in [6.07, 6.45) is 1.13. The lowest BCUT2D eigenvalue weighted by Crippen LogP contribution is -2.22. The van der Waals surface area contributed by atoms with E-state index >= 15 is 0 Å². The largest absolute Gasteiger partial charge is 0.326 e. The predicted molar refractivity (Wildman–Crippen MR) is 90.2 cm³/mol. The van der Waals surface area contributed by atoms with E-state index in [4.69, 9.17) is 5.73 Å². The van der Waals surface area contributed by atoms with Gasteiger partial charge in [-0.2, -0.15) is 0 Å². The van der Waals surface area contributed by atoms with E-state index in [-0.39, 0.29) is 18.4 Å². The Balaban J connectivity index is 2.08. The number of carbonyl (C=O) groups excluding carboxylic acids is 2. The first-order chi connectivity index (χ1) is 10.6. The number of nitrogens with one attached hydrogen (secondary N) is 2. The minimum atomic E-state index is -0.253. The van der Waals surface area contributed by atoms with Crippen LogP contribution in [0.5, 0.6) is 0 Å². The van der Waals surface area contributed by atoms with E-state index < -0.39 is 0 Å². The fourth-order valence-corrected chi connectivity index (χ4v) is 2.76. The van der Waals surface area contributed by atoms with Crippen LogP contribution < -0.4 is 16.4 Å². The minimum Gasteiger partial charge on any atom is -0.326 e. The van der Waals surface area contributed by atoms with Crippen LogP contribution in [0.4, 0.5) is 11.4 Å². The predicted octanol–water partition coefficient (Wildman–Crippen LogP) is 2.39. The van der Waals surface area contributed by atoms with Gasteiger partial charge in [0.05, 0.1) is 13.0 Å². The molecule has 2 amide bonds. The van der Waals surface area contributed by atoms with E-state index in [9.17, 15) is 9.59 Å². The monoisotopic (exact) mass is 317 g/mol. The van der Waals surface area contributed by atoms with Crippen molar-refractivity contribution in [2.24, 2.45) is 5.73 Å². The molecule has 2 rings (SSSR count). The molecule has 0 atom stereocenters. The molecular formula is C16H19N3O2S. The Morgan fingerprint density at radius 2 is 2.00 bits per heavy atom. The standard InChI is InChI=1S/C16H19N3O2S/c1-2-11-5-6-12(8-14(11)19-16(21)10-17)18-15(20)9-13-4-3-7-22-13/h3-8H,2,9-10,17H2,1H3,(H,18,20)(H,19,21). The Bertz CT molecular complexity index is 653. The van der Waals surface area contributed by atoms with Gasteiger partial charge in [-0.05, 0) is 35.6 Å². The molecule has 0 bridgehead atoms. The van der Waals surface area contributed by atoms with E-state index in [0.717, 1.165) is 16.9 Å². The van der Waals surface area contributed by atoms with Crippen molar-refractivity contribution in [1.29, 1.82) is 0 Å². The van der Waals surface area contributed by atoms with Crippen LogP contribution in [0, 0.1) is 0 Å². The number of amides is 2. The van der Waals surface area contributed by atoms with Crippen molar-refractivity contribution < 1.29 is 9.59 Å². The molecule has 116 valence electrons. The Hall–Kier alpha value is -2.18.